The van der Waals surface area contributed by atoms with Crippen LogP contribution in [0.1, 0.15) is 46.0 Å². The van der Waals surface area contributed by atoms with Crippen molar-refractivity contribution in [1.29, 1.82) is 0 Å². The first-order valence-corrected chi connectivity index (χ1v) is 7.27. The number of nitrogens with one attached hydrogen (secondary N) is 1. The summed E-state index contributed by atoms with van der Waals surface area (Å²) in [7, 11) is 0. The Kier molecular flexibility index (Phi) is 4.66. The highest BCUT2D eigenvalue weighted by Crippen LogP contribution is 2.37. The van der Waals surface area contributed by atoms with Gasteiger partial charge in [-0.2, -0.15) is 0 Å². The van der Waals surface area contributed by atoms with E-state index in [9.17, 15) is 0 Å². The van der Waals surface area contributed by atoms with Gasteiger partial charge in [-0.3, -0.25) is 0 Å². The summed E-state index contributed by atoms with van der Waals surface area (Å²) in [4.78, 5) is 2.79. The minimum Gasteiger partial charge on any atom is -0.317 e. The van der Waals surface area contributed by atoms with E-state index in [2.05, 4.69) is 24.1 Å². The van der Waals surface area contributed by atoms with Gasteiger partial charge in [-0.05, 0) is 63.7 Å². The number of rotatable bonds is 2. The van der Waals surface area contributed by atoms with Crippen molar-refractivity contribution in [1.82, 2.24) is 10.2 Å². The third kappa shape index (κ3) is 2.78. The van der Waals surface area contributed by atoms with E-state index < -0.39 is 0 Å². The van der Waals surface area contributed by atoms with Gasteiger partial charge in [0.05, 0.1) is 0 Å². The van der Waals surface area contributed by atoms with Gasteiger partial charge in [-0.15, -0.1) is 0 Å². The maximum Gasteiger partial charge on any atom is 0.0124 e. The third-order valence-corrected chi connectivity index (χ3v) is 4.77. The van der Waals surface area contributed by atoms with E-state index in [0.29, 0.717) is 0 Å². The van der Waals surface area contributed by atoms with Crippen LogP contribution in [-0.2, 0) is 0 Å². The number of hydrogen-bond donors (Lipinski definition) is 1. The lowest BCUT2D eigenvalue weighted by atomic mass is 9.92. The summed E-state index contributed by atoms with van der Waals surface area (Å²) in [5.74, 6) is 1.92. The van der Waals surface area contributed by atoms with E-state index in [-0.39, 0.29) is 0 Å². The lowest BCUT2D eigenvalue weighted by Crippen LogP contribution is -2.42. The molecule has 0 amide bonds. The average Bonchev–Trinajstić information content (AvgIpc) is 2.60. The largest absolute Gasteiger partial charge is 0.317 e. The van der Waals surface area contributed by atoms with E-state index >= 15 is 0 Å². The molecular weight excluding hydrogens is 196 g/mol. The fourth-order valence-corrected chi connectivity index (χ4v) is 3.70. The average molecular weight is 224 g/mol. The van der Waals surface area contributed by atoms with Crippen LogP contribution in [0.15, 0.2) is 0 Å². The first-order chi connectivity index (χ1) is 7.83. The summed E-state index contributed by atoms with van der Waals surface area (Å²) in [6.07, 6.45) is 6.97. The van der Waals surface area contributed by atoms with Crippen molar-refractivity contribution in [2.45, 2.75) is 52.0 Å². The van der Waals surface area contributed by atoms with Crippen LogP contribution in [0.2, 0.25) is 0 Å². The molecule has 0 aromatic carbocycles. The highest BCUT2D eigenvalue weighted by molar-refractivity contribution is 4.88. The van der Waals surface area contributed by atoms with Crippen LogP contribution in [-0.4, -0.2) is 37.1 Å². The van der Waals surface area contributed by atoms with Gasteiger partial charge in [-0.25, -0.2) is 0 Å². The summed E-state index contributed by atoms with van der Waals surface area (Å²) in [6, 6.07) is 0.892. The Bertz CT molecular complexity index is 197. The van der Waals surface area contributed by atoms with Crippen LogP contribution in [0.4, 0.5) is 0 Å². The van der Waals surface area contributed by atoms with Crippen LogP contribution in [0.5, 0.6) is 0 Å². The van der Waals surface area contributed by atoms with Crippen molar-refractivity contribution in [2.75, 3.05) is 26.2 Å². The SMILES string of the molecule is CCC1CCC(N2CCCNCCC2)C1C. The molecule has 0 aromatic rings. The van der Waals surface area contributed by atoms with E-state index in [1.54, 1.807) is 0 Å². The van der Waals surface area contributed by atoms with Gasteiger partial charge >= 0.3 is 0 Å². The van der Waals surface area contributed by atoms with Crippen LogP contribution in [0, 0.1) is 11.8 Å². The Labute approximate surface area is 101 Å². The van der Waals surface area contributed by atoms with E-state index in [4.69, 9.17) is 0 Å². The van der Waals surface area contributed by atoms with Crippen molar-refractivity contribution >= 4 is 0 Å². The molecule has 3 atom stereocenters. The topological polar surface area (TPSA) is 15.3 Å². The zero-order chi connectivity index (χ0) is 11.4. The normalized spacial score (nSPS) is 38.2. The molecule has 1 saturated carbocycles. The highest BCUT2D eigenvalue weighted by atomic mass is 15.2. The molecule has 2 nitrogen and oxygen atoms in total. The molecule has 1 aliphatic heterocycles. The van der Waals surface area contributed by atoms with Gasteiger partial charge in [0.15, 0.2) is 0 Å². The fraction of sp³-hybridized carbons (Fsp3) is 1.00. The summed E-state index contributed by atoms with van der Waals surface area (Å²) < 4.78 is 0. The van der Waals surface area contributed by atoms with E-state index in [1.165, 1.54) is 58.3 Å². The predicted octanol–water partition coefficient (Wildman–Crippen LogP) is 2.50. The second-order valence-corrected chi connectivity index (χ2v) is 5.67. The molecule has 2 heteroatoms. The smallest absolute Gasteiger partial charge is 0.0124 e. The molecule has 2 fully saturated rings. The third-order valence-electron chi connectivity index (χ3n) is 4.77. The molecule has 1 aliphatic carbocycles. The van der Waals surface area contributed by atoms with Crippen LogP contribution >= 0.6 is 0 Å². The van der Waals surface area contributed by atoms with Gasteiger partial charge in [0.25, 0.3) is 0 Å². The zero-order valence-corrected chi connectivity index (χ0v) is 11.0. The molecule has 2 rings (SSSR count). The van der Waals surface area contributed by atoms with E-state index in [0.717, 1.165) is 17.9 Å². The predicted molar refractivity (Wildman–Crippen MR) is 69.6 cm³/mol. The quantitative estimate of drug-likeness (QED) is 0.775. The van der Waals surface area contributed by atoms with Crippen molar-refractivity contribution in [3.63, 3.8) is 0 Å². The Morgan fingerprint density at radius 2 is 1.81 bits per heavy atom. The molecular formula is C14H28N2. The summed E-state index contributed by atoms with van der Waals surface area (Å²) >= 11 is 0. The number of hydrogen-bond acceptors (Lipinski definition) is 2. The molecule has 1 N–H and O–H groups in total. The van der Waals surface area contributed by atoms with Gasteiger partial charge < -0.3 is 10.2 Å². The van der Waals surface area contributed by atoms with Gasteiger partial charge in [-0.1, -0.05) is 20.3 Å². The Morgan fingerprint density at radius 1 is 1.12 bits per heavy atom. The molecule has 0 spiro atoms. The molecule has 0 aromatic heterocycles. The van der Waals surface area contributed by atoms with Gasteiger partial charge in [0.1, 0.15) is 0 Å². The zero-order valence-electron chi connectivity index (χ0n) is 11.0. The lowest BCUT2D eigenvalue weighted by molar-refractivity contribution is 0.143. The monoisotopic (exact) mass is 224 g/mol. The Balaban J connectivity index is 1.90. The molecule has 1 saturated heterocycles. The molecule has 0 radical (unpaired) electrons. The second kappa shape index (κ2) is 6.02. The first kappa shape index (κ1) is 12.4. The Hall–Kier alpha value is -0.0800. The minimum atomic E-state index is 0.892. The molecule has 94 valence electrons. The summed E-state index contributed by atoms with van der Waals surface area (Å²) in [5.41, 5.74) is 0. The fourth-order valence-electron chi connectivity index (χ4n) is 3.70. The van der Waals surface area contributed by atoms with Crippen molar-refractivity contribution in [2.24, 2.45) is 11.8 Å². The van der Waals surface area contributed by atoms with Crippen molar-refractivity contribution < 1.29 is 0 Å². The van der Waals surface area contributed by atoms with Crippen molar-refractivity contribution in [3.8, 4) is 0 Å². The molecule has 0 bridgehead atoms. The van der Waals surface area contributed by atoms with Crippen LogP contribution in [0.3, 0.4) is 0 Å². The maximum atomic E-state index is 3.50. The van der Waals surface area contributed by atoms with Gasteiger partial charge in [0.2, 0.25) is 0 Å². The second-order valence-electron chi connectivity index (χ2n) is 5.67. The van der Waals surface area contributed by atoms with Crippen molar-refractivity contribution in [3.05, 3.63) is 0 Å². The Morgan fingerprint density at radius 3 is 2.38 bits per heavy atom. The maximum absolute atomic E-state index is 3.50. The minimum absolute atomic E-state index is 0.892. The first-order valence-electron chi connectivity index (χ1n) is 7.27. The standard InChI is InChI=1S/C14H28N2/c1-3-13-6-7-14(12(13)2)16-10-4-8-15-9-5-11-16/h12-15H,3-11H2,1-2H3. The summed E-state index contributed by atoms with van der Waals surface area (Å²) in [6.45, 7) is 9.92. The lowest BCUT2D eigenvalue weighted by Gasteiger charge is -2.34. The van der Waals surface area contributed by atoms with E-state index in [1.807, 2.05) is 0 Å². The molecule has 2 aliphatic rings. The van der Waals surface area contributed by atoms with Crippen LogP contribution in [0.25, 0.3) is 0 Å². The highest BCUT2D eigenvalue weighted by Gasteiger charge is 2.34. The summed E-state index contributed by atoms with van der Waals surface area (Å²) in [5, 5.41) is 3.50. The number of nitrogens with zero attached hydrogens (tertiary/aromatic N) is 1. The molecule has 1 heterocycles. The molecule has 16 heavy (non-hydrogen) atoms. The van der Waals surface area contributed by atoms with Crippen LogP contribution < -0.4 is 5.32 Å². The molecule has 3 unspecified atom stereocenters. The van der Waals surface area contributed by atoms with Gasteiger partial charge in [0, 0.05) is 6.04 Å².